The fourth-order valence-corrected chi connectivity index (χ4v) is 7.19. The number of rotatable bonds is 6. The van der Waals surface area contributed by atoms with Gasteiger partial charge in [0.25, 0.3) is 0 Å². The van der Waals surface area contributed by atoms with Crippen molar-refractivity contribution in [3.05, 3.63) is 58.3 Å². The first-order chi connectivity index (χ1) is 14.7. The van der Waals surface area contributed by atoms with Gasteiger partial charge in [-0.05, 0) is 69.8 Å². The summed E-state index contributed by atoms with van der Waals surface area (Å²) in [5.41, 5.74) is 4.84. The molecule has 0 amide bonds. The van der Waals surface area contributed by atoms with Crippen LogP contribution in [-0.2, 0) is 9.47 Å². The molecule has 4 heteroatoms. The van der Waals surface area contributed by atoms with Gasteiger partial charge in [0.2, 0.25) is 0 Å². The first-order valence-electron chi connectivity index (χ1n) is 11.7. The molecule has 2 saturated carbocycles. The molecular weight excluding hydrogens is 390 g/mol. The summed E-state index contributed by atoms with van der Waals surface area (Å²) in [4.78, 5) is 3.65. The lowest BCUT2D eigenvalue weighted by Crippen LogP contribution is -2.28. The molecule has 2 heterocycles. The quantitative estimate of drug-likeness (QED) is 0.535. The van der Waals surface area contributed by atoms with Gasteiger partial charge in [-0.25, -0.2) is 0 Å². The maximum absolute atomic E-state index is 6.20. The molecule has 5 rings (SSSR count). The van der Waals surface area contributed by atoms with E-state index < -0.39 is 0 Å². The maximum atomic E-state index is 6.20. The molecule has 5 unspecified atom stereocenters. The second-order valence-electron chi connectivity index (χ2n) is 9.70. The molecule has 0 aromatic rings. The van der Waals surface area contributed by atoms with E-state index in [1.54, 1.807) is 11.1 Å². The number of thioether (sulfide) groups is 1. The van der Waals surface area contributed by atoms with Gasteiger partial charge >= 0.3 is 0 Å². The van der Waals surface area contributed by atoms with Crippen LogP contribution >= 0.6 is 11.8 Å². The fraction of sp³-hybridized carbons (Fsp3) is 0.615. The molecule has 162 valence electrons. The monoisotopic (exact) mass is 425 g/mol. The zero-order valence-corrected chi connectivity index (χ0v) is 19.2. The molecule has 2 fully saturated rings. The third kappa shape index (κ3) is 4.11. The summed E-state index contributed by atoms with van der Waals surface area (Å²) < 4.78 is 12.2. The molecule has 0 spiro atoms. The van der Waals surface area contributed by atoms with E-state index in [-0.39, 0.29) is 0 Å². The van der Waals surface area contributed by atoms with Crippen LogP contribution in [-0.4, -0.2) is 50.6 Å². The normalized spacial score (nSPS) is 34.4. The van der Waals surface area contributed by atoms with E-state index in [0.717, 1.165) is 38.4 Å². The van der Waals surface area contributed by atoms with Gasteiger partial charge in [0, 0.05) is 29.1 Å². The Morgan fingerprint density at radius 1 is 1.13 bits per heavy atom. The van der Waals surface area contributed by atoms with Crippen LogP contribution in [0.1, 0.15) is 32.1 Å². The van der Waals surface area contributed by atoms with Crippen LogP contribution in [0.4, 0.5) is 0 Å². The predicted octanol–water partition coefficient (Wildman–Crippen LogP) is 5.34. The van der Waals surface area contributed by atoms with Crippen molar-refractivity contribution in [1.29, 1.82) is 0 Å². The van der Waals surface area contributed by atoms with Crippen LogP contribution in [0.3, 0.4) is 0 Å². The minimum absolute atomic E-state index is 0.305. The molecule has 5 aliphatic rings. The Bertz CT molecular complexity index is 806. The van der Waals surface area contributed by atoms with E-state index in [1.807, 2.05) is 18.0 Å². The number of fused-ring (bicyclic) bond motifs is 7. The lowest BCUT2D eigenvalue weighted by atomic mass is 9.71. The minimum Gasteiger partial charge on any atom is -0.493 e. The van der Waals surface area contributed by atoms with Gasteiger partial charge in [0.05, 0.1) is 12.9 Å². The van der Waals surface area contributed by atoms with Crippen molar-refractivity contribution in [2.75, 3.05) is 39.6 Å². The highest BCUT2D eigenvalue weighted by molar-refractivity contribution is 8.03. The van der Waals surface area contributed by atoms with E-state index in [0.29, 0.717) is 29.8 Å². The third-order valence-electron chi connectivity index (χ3n) is 7.53. The second-order valence-corrected chi connectivity index (χ2v) is 10.8. The van der Waals surface area contributed by atoms with Crippen LogP contribution in [0.25, 0.3) is 0 Å². The number of ether oxygens (including phenoxy) is 2. The summed E-state index contributed by atoms with van der Waals surface area (Å²) in [5, 5.41) is 0. The van der Waals surface area contributed by atoms with Crippen molar-refractivity contribution in [2.24, 2.45) is 23.7 Å². The third-order valence-corrected chi connectivity index (χ3v) is 8.63. The first kappa shape index (κ1) is 20.7. The largest absolute Gasteiger partial charge is 0.493 e. The van der Waals surface area contributed by atoms with Gasteiger partial charge in [0.1, 0.15) is 6.10 Å². The van der Waals surface area contributed by atoms with Gasteiger partial charge in [0.15, 0.2) is 0 Å². The van der Waals surface area contributed by atoms with Crippen molar-refractivity contribution in [3.8, 4) is 0 Å². The summed E-state index contributed by atoms with van der Waals surface area (Å²) >= 11 is 1.98. The minimum atomic E-state index is 0.305. The molecule has 0 aromatic heterocycles. The number of nitrogens with zero attached hydrogens (tertiary/aromatic N) is 1. The molecule has 3 nitrogen and oxygen atoms in total. The highest BCUT2D eigenvalue weighted by atomic mass is 32.2. The zero-order chi connectivity index (χ0) is 20.5. The van der Waals surface area contributed by atoms with Crippen LogP contribution in [0.2, 0.25) is 0 Å². The van der Waals surface area contributed by atoms with Crippen LogP contribution in [0, 0.1) is 23.7 Å². The van der Waals surface area contributed by atoms with Crippen LogP contribution < -0.4 is 0 Å². The summed E-state index contributed by atoms with van der Waals surface area (Å²) in [7, 11) is 4.24. The molecule has 2 aliphatic heterocycles. The summed E-state index contributed by atoms with van der Waals surface area (Å²) in [5.74, 6) is 3.62. The lowest BCUT2D eigenvalue weighted by Gasteiger charge is -2.37. The average molecular weight is 426 g/mol. The van der Waals surface area contributed by atoms with Gasteiger partial charge in [-0.3, -0.25) is 0 Å². The van der Waals surface area contributed by atoms with Crippen molar-refractivity contribution in [1.82, 2.24) is 4.90 Å². The van der Waals surface area contributed by atoms with E-state index in [9.17, 15) is 0 Å². The Labute approximate surface area is 185 Å². The molecule has 30 heavy (non-hydrogen) atoms. The maximum Gasteiger partial charge on any atom is 0.123 e. The summed E-state index contributed by atoms with van der Waals surface area (Å²) in [6, 6.07) is 0. The van der Waals surface area contributed by atoms with Gasteiger partial charge in [-0.2, -0.15) is 0 Å². The standard InChI is InChI=1S/C26H35NO2S/c1-27(2)11-5-12-28-16-20-15-24-19(17-30-20)9-10-22-21-7-3-8-23(21)26-18(14-25(22)24)6-4-13-29-26/h4,6,9-10,13,15,21,23-26H,3,5,7-8,11-12,14,16-17H2,1-2H3. The Morgan fingerprint density at radius 3 is 2.97 bits per heavy atom. The molecule has 0 saturated heterocycles. The molecule has 5 atom stereocenters. The highest BCUT2D eigenvalue weighted by Crippen LogP contribution is 2.54. The van der Waals surface area contributed by atoms with Crippen LogP contribution in [0.15, 0.2) is 58.3 Å². The molecule has 3 aliphatic carbocycles. The van der Waals surface area contributed by atoms with Crippen LogP contribution in [0.5, 0.6) is 0 Å². The van der Waals surface area contributed by atoms with Crippen molar-refractivity contribution in [2.45, 2.75) is 38.2 Å². The Kier molecular flexibility index (Phi) is 6.27. The van der Waals surface area contributed by atoms with Crippen molar-refractivity contribution >= 4 is 11.8 Å². The number of hydrogen-bond acceptors (Lipinski definition) is 4. The van der Waals surface area contributed by atoms with Gasteiger partial charge in [-0.15, -0.1) is 11.8 Å². The SMILES string of the molecule is CN(C)CCCOCC1=CC2C(=CC=C3C2CC2=CC=COC2C2CCCC32)CS1. The van der Waals surface area contributed by atoms with Gasteiger partial charge in [-0.1, -0.05) is 41.9 Å². The van der Waals surface area contributed by atoms with Crippen molar-refractivity contribution in [3.63, 3.8) is 0 Å². The predicted molar refractivity (Wildman–Crippen MR) is 125 cm³/mol. The molecule has 0 radical (unpaired) electrons. The smallest absolute Gasteiger partial charge is 0.123 e. The molecule has 0 bridgehead atoms. The fourth-order valence-electron chi connectivity index (χ4n) is 6.14. The lowest BCUT2D eigenvalue weighted by molar-refractivity contribution is 0.102. The Morgan fingerprint density at radius 2 is 2.07 bits per heavy atom. The summed E-state index contributed by atoms with van der Waals surface area (Å²) in [6.45, 7) is 2.71. The van der Waals surface area contributed by atoms with E-state index in [4.69, 9.17) is 9.47 Å². The molecule has 0 N–H and O–H groups in total. The molecular formula is C26H35NO2S. The van der Waals surface area contributed by atoms with Gasteiger partial charge < -0.3 is 14.4 Å². The number of hydrogen-bond donors (Lipinski definition) is 0. The summed E-state index contributed by atoms with van der Waals surface area (Å²) in [6.07, 6.45) is 20.4. The highest BCUT2D eigenvalue weighted by Gasteiger charge is 2.46. The van der Waals surface area contributed by atoms with E-state index >= 15 is 0 Å². The Hall–Kier alpha value is -1.23. The average Bonchev–Trinajstić information content (AvgIpc) is 3.18. The number of allylic oxidation sites excluding steroid dienone is 6. The second kappa shape index (κ2) is 9.10. The first-order valence-corrected chi connectivity index (χ1v) is 12.7. The van der Waals surface area contributed by atoms with E-state index in [1.165, 1.54) is 29.7 Å². The van der Waals surface area contributed by atoms with E-state index in [2.05, 4.69) is 49.4 Å². The zero-order valence-electron chi connectivity index (χ0n) is 18.4. The topological polar surface area (TPSA) is 21.7 Å². The Balaban J connectivity index is 1.34. The van der Waals surface area contributed by atoms with Crippen molar-refractivity contribution < 1.29 is 9.47 Å². The molecule has 0 aromatic carbocycles.